The van der Waals surface area contributed by atoms with Crippen molar-refractivity contribution in [2.24, 2.45) is 0 Å². The summed E-state index contributed by atoms with van der Waals surface area (Å²) in [6.45, 7) is 0.169. The Morgan fingerprint density at radius 2 is 2.00 bits per heavy atom. The second-order valence-corrected chi connectivity index (χ2v) is 5.60. The monoisotopic (exact) mass is 350 g/mol. The van der Waals surface area contributed by atoms with Gasteiger partial charge in [0.2, 0.25) is 0 Å². The van der Waals surface area contributed by atoms with Crippen molar-refractivity contribution in [1.29, 1.82) is 0 Å². The van der Waals surface area contributed by atoms with Crippen molar-refractivity contribution in [2.45, 2.75) is 12.5 Å². The van der Waals surface area contributed by atoms with E-state index in [0.717, 1.165) is 0 Å². The fourth-order valence-electron chi connectivity index (χ4n) is 2.16. The number of rotatable bonds is 3. The number of carbonyl (C=O) groups is 1. The Morgan fingerprint density at radius 3 is 2.81 bits per heavy atom. The second kappa shape index (κ2) is 5.85. The standard InChI is InChI=1S/C16H12BrFO3/c17-12-6-5-11(18)7-10(12)8-13(19)16-9-20-14-3-1-2-4-15(14)21-16/h1-7,16H,8-9H2. The van der Waals surface area contributed by atoms with Crippen molar-refractivity contribution in [2.75, 3.05) is 6.61 Å². The minimum atomic E-state index is -0.671. The van der Waals surface area contributed by atoms with Gasteiger partial charge in [-0.15, -0.1) is 0 Å². The van der Waals surface area contributed by atoms with Crippen molar-refractivity contribution < 1.29 is 18.7 Å². The number of halogens is 2. The van der Waals surface area contributed by atoms with Crippen molar-refractivity contribution in [3.8, 4) is 11.5 Å². The molecule has 0 bridgehead atoms. The van der Waals surface area contributed by atoms with E-state index in [-0.39, 0.29) is 24.6 Å². The minimum absolute atomic E-state index is 0.0918. The van der Waals surface area contributed by atoms with Gasteiger partial charge < -0.3 is 9.47 Å². The molecule has 0 saturated carbocycles. The summed E-state index contributed by atoms with van der Waals surface area (Å²) >= 11 is 3.32. The largest absolute Gasteiger partial charge is 0.485 e. The van der Waals surface area contributed by atoms with Gasteiger partial charge in [-0.3, -0.25) is 4.79 Å². The van der Waals surface area contributed by atoms with Gasteiger partial charge in [0.25, 0.3) is 0 Å². The molecule has 1 atom stereocenters. The highest BCUT2D eigenvalue weighted by atomic mass is 79.9. The highest BCUT2D eigenvalue weighted by Gasteiger charge is 2.27. The molecule has 1 unspecified atom stereocenters. The number of hydrogen-bond donors (Lipinski definition) is 0. The molecule has 2 aromatic rings. The van der Waals surface area contributed by atoms with Crippen LogP contribution in [0.4, 0.5) is 4.39 Å². The molecule has 0 spiro atoms. The molecule has 108 valence electrons. The van der Waals surface area contributed by atoms with Crippen molar-refractivity contribution >= 4 is 21.7 Å². The molecular weight excluding hydrogens is 339 g/mol. The zero-order valence-corrected chi connectivity index (χ0v) is 12.6. The van der Waals surface area contributed by atoms with Gasteiger partial charge in [0, 0.05) is 10.9 Å². The summed E-state index contributed by atoms with van der Waals surface area (Å²) in [5.41, 5.74) is 0.599. The Bertz CT molecular complexity index is 687. The summed E-state index contributed by atoms with van der Waals surface area (Å²) in [4.78, 5) is 12.3. The first-order chi connectivity index (χ1) is 10.1. The van der Waals surface area contributed by atoms with Crippen LogP contribution >= 0.6 is 15.9 Å². The fraction of sp³-hybridized carbons (Fsp3) is 0.188. The first-order valence-electron chi connectivity index (χ1n) is 6.48. The Labute approximate surface area is 129 Å². The van der Waals surface area contributed by atoms with E-state index < -0.39 is 6.10 Å². The minimum Gasteiger partial charge on any atom is -0.485 e. The Morgan fingerprint density at radius 1 is 1.24 bits per heavy atom. The molecule has 0 saturated heterocycles. The van der Waals surface area contributed by atoms with Crippen LogP contribution in [0.15, 0.2) is 46.9 Å². The average Bonchev–Trinajstić information content (AvgIpc) is 2.50. The summed E-state index contributed by atoms with van der Waals surface area (Å²) in [6.07, 6.45) is -0.579. The van der Waals surface area contributed by atoms with E-state index in [1.807, 2.05) is 12.1 Å². The lowest BCUT2D eigenvalue weighted by Gasteiger charge is -2.25. The molecule has 0 aromatic heterocycles. The van der Waals surface area contributed by atoms with E-state index >= 15 is 0 Å². The lowest BCUT2D eigenvalue weighted by molar-refractivity contribution is -0.127. The number of Topliss-reactive ketones (excluding diaryl/α,β-unsaturated/α-hetero) is 1. The average molecular weight is 351 g/mol. The maximum atomic E-state index is 13.2. The number of benzene rings is 2. The molecule has 0 aliphatic carbocycles. The highest BCUT2D eigenvalue weighted by Crippen LogP contribution is 2.31. The summed E-state index contributed by atoms with van der Waals surface area (Å²) < 4.78 is 25.1. The molecular formula is C16H12BrFO3. The maximum Gasteiger partial charge on any atom is 0.191 e. The Hall–Kier alpha value is -1.88. The van der Waals surface area contributed by atoms with Gasteiger partial charge in [0.1, 0.15) is 12.4 Å². The van der Waals surface area contributed by atoms with Crippen LogP contribution in [0.25, 0.3) is 0 Å². The molecule has 1 heterocycles. The number of fused-ring (bicyclic) bond motifs is 1. The van der Waals surface area contributed by atoms with E-state index in [1.165, 1.54) is 12.1 Å². The summed E-state index contributed by atoms with van der Waals surface area (Å²) in [5, 5.41) is 0. The molecule has 0 N–H and O–H groups in total. The number of ketones is 1. The quantitative estimate of drug-likeness (QED) is 0.849. The molecule has 1 aliphatic rings. The molecule has 0 fully saturated rings. The molecule has 2 aromatic carbocycles. The fourth-order valence-corrected chi connectivity index (χ4v) is 2.55. The van der Waals surface area contributed by atoms with Crippen LogP contribution in [0.5, 0.6) is 11.5 Å². The summed E-state index contributed by atoms with van der Waals surface area (Å²) in [7, 11) is 0. The third-order valence-corrected chi connectivity index (χ3v) is 4.01. The summed E-state index contributed by atoms with van der Waals surface area (Å²) in [6, 6.07) is 11.5. The Kier molecular flexibility index (Phi) is 3.92. The SMILES string of the molecule is O=C(Cc1cc(F)ccc1Br)C1COc2ccccc2O1. The first-order valence-corrected chi connectivity index (χ1v) is 7.28. The van der Waals surface area contributed by atoms with Gasteiger partial charge in [-0.05, 0) is 35.9 Å². The predicted molar refractivity (Wildman–Crippen MR) is 79.2 cm³/mol. The van der Waals surface area contributed by atoms with Crippen LogP contribution in [-0.4, -0.2) is 18.5 Å². The molecule has 5 heteroatoms. The zero-order valence-electron chi connectivity index (χ0n) is 11.0. The van der Waals surface area contributed by atoms with Gasteiger partial charge in [-0.1, -0.05) is 28.1 Å². The molecule has 3 rings (SSSR count). The number of para-hydroxylation sites is 2. The lowest BCUT2D eigenvalue weighted by atomic mass is 10.0. The molecule has 0 amide bonds. The van der Waals surface area contributed by atoms with E-state index in [1.54, 1.807) is 18.2 Å². The van der Waals surface area contributed by atoms with Crippen LogP contribution in [0.3, 0.4) is 0 Å². The number of ether oxygens (including phenoxy) is 2. The van der Waals surface area contributed by atoms with E-state index in [0.29, 0.717) is 21.5 Å². The van der Waals surface area contributed by atoms with Crippen LogP contribution in [0.2, 0.25) is 0 Å². The molecule has 0 radical (unpaired) electrons. The first kappa shape index (κ1) is 14.1. The van der Waals surface area contributed by atoms with Crippen LogP contribution in [0, 0.1) is 5.82 Å². The maximum absolute atomic E-state index is 13.2. The van der Waals surface area contributed by atoms with E-state index in [2.05, 4.69) is 15.9 Å². The number of carbonyl (C=O) groups excluding carboxylic acids is 1. The molecule has 1 aliphatic heterocycles. The normalized spacial score (nSPS) is 16.6. The van der Waals surface area contributed by atoms with E-state index in [4.69, 9.17) is 9.47 Å². The van der Waals surface area contributed by atoms with Gasteiger partial charge >= 0.3 is 0 Å². The third kappa shape index (κ3) is 3.08. The van der Waals surface area contributed by atoms with Crippen molar-refractivity contribution in [1.82, 2.24) is 0 Å². The number of hydrogen-bond acceptors (Lipinski definition) is 3. The van der Waals surface area contributed by atoms with Crippen LogP contribution < -0.4 is 9.47 Å². The topological polar surface area (TPSA) is 35.5 Å². The second-order valence-electron chi connectivity index (χ2n) is 4.74. The van der Waals surface area contributed by atoms with Gasteiger partial charge in [-0.25, -0.2) is 4.39 Å². The van der Waals surface area contributed by atoms with Crippen LogP contribution in [0.1, 0.15) is 5.56 Å². The predicted octanol–water partition coefficient (Wildman–Crippen LogP) is 3.54. The van der Waals surface area contributed by atoms with Gasteiger partial charge in [0.05, 0.1) is 0 Å². The highest BCUT2D eigenvalue weighted by molar-refractivity contribution is 9.10. The lowest BCUT2D eigenvalue weighted by Crippen LogP contribution is -2.37. The van der Waals surface area contributed by atoms with Gasteiger partial charge in [0.15, 0.2) is 23.4 Å². The van der Waals surface area contributed by atoms with Crippen LogP contribution in [-0.2, 0) is 11.2 Å². The Balaban J connectivity index is 1.74. The smallest absolute Gasteiger partial charge is 0.191 e. The van der Waals surface area contributed by atoms with E-state index in [9.17, 15) is 9.18 Å². The van der Waals surface area contributed by atoms with Gasteiger partial charge in [-0.2, -0.15) is 0 Å². The van der Waals surface area contributed by atoms with Crippen molar-refractivity contribution in [3.05, 3.63) is 58.3 Å². The summed E-state index contributed by atoms with van der Waals surface area (Å²) in [5.74, 6) is 0.678. The molecule has 3 nitrogen and oxygen atoms in total. The molecule has 21 heavy (non-hydrogen) atoms. The zero-order chi connectivity index (χ0) is 14.8. The third-order valence-electron chi connectivity index (χ3n) is 3.24. The van der Waals surface area contributed by atoms with Crippen molar-refractivity contribution in [3.63, 3.8) is 0 Å².